The van der Waals surface area contributed by atoms with Gasteiger partial charge in [-0.3, -0.25) is 4.79 Å². The maximum absolute atomic E-state index is 12.2. The van der Waals surface area contributed by atoms with Crippen LogP contribution in [-0.2, 0) is 0 Å². The number of rotatable bonds is 9. The summed E-state index contributed by atoms with van der Waals surface area (Å²) in [6.07, 6.45) is 5.47. The lowest BCUT2D eigenvalue weighted by Crippen LogP contribution is -2.33. The van der Waals surface area contributed by atoms with Crippen molar-refractivity contribution in [2.24, 2.45) is 0 Å². The lowest BCUT2D eigenvalue weighted by molar-refractivity contribution is 0.0933. The first-order chi connectivity index (χ1) is 10.1. The number of carbonyl (C=O) groups is 1. The van der Waals surface area contributed by atoms with Crippen LogP contribution in [0, 0.1) is 0 Å². The summed E-state index contributed by atoms with van der Waals surface area (Å²) in [6.45, 7) is 7.08. The SMILES string of the molecule is CCCCCC(C)NC(=O)c1nc(NCCC)ccc1Cl. The van der Waals surface area contributed by atoms with Crippen molar-refractivity contribution in [3.8, 4) is 0 Å². The van der Waals surface area contributed by atoms with Gasteiger partial charge in [0.2, 0.25) is 0 Å². The molecule has 0 spiro atoms. The number of unbranched alkanes of at least 4 members (excludes halogenated alkanes) is 2. The van der Waals surface area contributed by atoms with Crippen LogP contribution in [0.4, 0.5) is 5.82 Å². The van der Waals surface area contributed by atoms with Gasteiger partial charge < -0.3 is 10.6 Å². The fourth-order valence-corrected chi connectivity index (χ4v) is 2.21. The number of aromatic nitrogens is 1. The van der Waals surface area contributed by atoms with Crippen LogP contribution in [0.1, 0.15) is 63.4 Å². The zero-order valence-corrected chi connectivity index (χ0v) is 14.0. The molecule has 0 aliphatic rings. The van der Waals surface area contributed by atoms with Crippen molar-refractivity contribution in [2.45, 2.75) is 58.9 Å². The minimum atomic E-state index is -0.204. The Morgan fingerprint density at radius 1 is 1.29 bits per heavy atom. The Kier molecular flexibility index (Phi) is 8.13. The monoisotopic (exact) mass is 311 g/mol. The van der Waals surface area contributed by atoms with E-state index in [-0.39, 0.29) is 11.9 Å². The zero-order valence-electron chi connectivity index (χ0n) is 13.2. The quantitative estimate of drug-likeness (QED) is 0.670. The Morgan fingerprint density at radius 2 is 2.05 bits per heavy atom. The largest absolute Gasteiger partial charge is 0.370 e. The van der Waals surface area contributed by atoms with Crippen LogP contribution in [0.15, 0.2) is 12.1 Å². The second-order valence-electron chi connectivity index (χ2n) is 5.32. The standard InChI is InChI=1S/C16H26ClN3O/c1-4-6-7-8-12(3)19-16(21)15-13(17)9-10-14(20-15)18-11-5-2/h9-10,12H,4-8,11H2,1-3H3,(H,18,20)(H,19,21). The normalized spacial score (nSPS) is 12.0. The molecule has 2 N–H and O–H groups in total. The fourth-order valence-electron chi connectivity index (χ4n) is 2.02. The highest BCUT2D eigenvalue weighted by molar-refractivity contribution is 6.33. The molecule has 1 aromatic heterocycles. The van der Waals surface area contributed by atoms with E-state index in [1.165, 1.54) is 12.8 Å². The zero-order chi connectivity index (χ0) is 15.7. The van der Waals surface area contributed by atoms with Crippen molar-refractivity contribution in [1.82, 2.24) is 10.3 Å². The van der Waals surface area contributed by atoms with Crippen LogP contribution in [0.5, 0.6) is 0 Å². The number of pyridine rings is 1. The van der Waals surface area contributed by atoms with Crippen LogP contribution in [0.25, 0.3) is 0 Å². The van der Waals surface area contributed by atoms with Crippen molar-refractivity contribution in [1.29, 1.82) is 0 Å². The number of nitrogens with one attached hydrogen (secondary N) is 2. The van der Waals surface area contributed by atoms with Crippen molar-refractivity contribution in [3.63, 3.8) is 0 Å². The van der Waals surface area contributed by atoms with Gasteiger partial charge in [-0.15, -0.1) is 0 Å². The van der Waals surface area contributed by atoms with Gasteiger partial charge in [0.15, 0.2) is 0 Å². The summed E-state index contributed by atoms with van der Waals surface area (Å²) < 4.78 is 0. The summed E-state index contributed by atoms with van der Waals surface area (Å²) in [7, 11) is 0. The van der Waals surface area contributed by atoms with E-state index in [1.54, 1.807) is 12.1 Å². The number of nitrogens with zero attached hydrogens (tertiary/aromatic N) is 1. The number of hydrogen-bond acceptors (Lipinski definition) is 3. The van der Waals surface area contributed by atoms with Gasteiger partial charge in [-0.25, -0.2) is 4.98 Å². The maximum Gasteiger partial charge on any atom is 0.271 e. The molecule has 1 atom stereocenters. The van der Waals surface area contributed by atoms with E-state index in [4.69, 9.17) is 11.6 Å². The highest BCUT2D eigenvalue weighted by atomic mass is 35.5. The van der Waals surface area contributed by atoms with Gasteiger partial charge in [-0.1, -0.05) is 44.7 Å². The highest BCUT2D eigenvalue weighted by Crippen LogP contribution is 2.17. The minimum Gasteiger partial charge on any atom is -0.370 e. The first-order valence-corrected chi connectivity index (χ1v) is 8.17. The molecule has 0 saturated carbocycles. The second kappa shape index (κ2) is 9.61. The minimum absolute atomic E-state index is 0.133. The number of halogens is 1. The number of amides is 1. The topological polar surface area (TPSA) is 54.0 Å². The molecule has 1 unspecified atom stereocenters. The number of carbonyl (C=O) groups excluding carboxylic acids is 1. The lowest BCUT2D eigenvalue weighted by Gasteiger charge is -2.14. The smallest absolute Gasteiger partial charge is 0.271 e. The van der Waals surface area contributed by atoms with Gasteiger partial charge >= 0.3 is 0 Å². The number of anilines is 1. The van der Waals surface area contributed by atoms with Crippen LogP contribution in [0.2, 0.25) is 5.02 Å². The molecule has 1 heterocycles. The first-order valence-electron chi connectivity index (χ1n) is 7.79. The van der Waals surface area contributed by atoms with Gasteiger partial charge in [-0.2, -0.15) is 0 Å². The molecule has 0 fully saturated rings. The predicted molar refractivity (Wildman–Crippen MR) is 89.1 cm³/mol. The van der Waals surface area contributed by atoms with Gasteiger partial charge in [0.05, 0.1) is 5.02 Å². The Morgan fingerprint density at radius 3 is 2.71 bits per heavy atom. The van der Waals surface area contributed by atoms with Crippen LogP contribution < -0.4 is 10.6 Å². The third kappa shape index (κ3) is 6.34. The Hall–Kier alpha value is -1.29. The Labute approximate surface area is 132 Å². The van der Waals surface area contributed by atoms with E-state index in [1.807, 2.05) is 6.92 Å². The summed E-state index contributed by atoms with van der Waals surface area (Å²) in [5.41, 5.74) is 0.292. The van der Waals surface area contributed by atoms with Gasteiger partial charge in [0.25, 0.3) is 5.91 Å². The predicted octanol–water partition coefficient (Wildman–Crippen LogP) is 4.26. The molecule has 0 aliphatic carbocycles. The highest BCUT2D eigenvalue weighted by Gasteiger charge is 2.15. The van der Waals surface area contributed by atoms with Crippen molar-refractivity contribution < 1.29 is 4.79 Å². The Balaban J connectivity index is 2.63. The molecule has 0 bridgehead atoms. The Bertz CT molecular complexity index is 451. The molecular formula is C16H26ClN3O. The first kappa shape index (κ1) is 17.8. The maximum atomic E-state index is 12.2. The molecule has 0 aromatic carbocycles. The van der Waals surface area contributed by atoms with E-state index in [0.717, 1.165) is 25.8 Å². The van der Waals surface area contributed by atoms with Crippen LogP contribution in [-0.4, -0.2) is 23.5 Å². The molecule has 118 valence electrons. The molecule has 1 aromatic rings. The van der Waals surface area contributed by atoms with E-state index in [9.17, 15) is 4.79 Å². The second-order valence-corrected chi connectivity index (χ2v) is 5.73. The molecule has 0 radical (unpaired) electrons. The molecule has 21 heavy (non-hydrogen) atoms. The molecule has 0 saturated heterocycles. The number of hydrogen-bond donors (Lipinski definition) is 2. The van der Waals surface area contributed by atoms with E-state index in [0.29, 0.717) is 16.5 Å². The molecule has 1 rings (SSSR count). The fraction of sp³-hybridized carbons (Fsp3) is 0.625. The summed E-state index contributed by atoms with van der Waals surface area (Å²) in [5, 5.41) is 6.51. The molecular weight excluding hydrogens is 286 g/mol. The summed E-state index contributed by atoms with van der Waals surface area (Å²) in [6, 6.07) is 3.64. The third-order valence-electron chi connectivity index (χ3n) is 3.24. The van der Waals surface area contributed by atoms with Crippen molar-refractivity contribution in [2.75, 3.05) is 11.9 Å². The van der Waals surface area contributed by atoms with E-state index >= 15 is 0 Å². The summed E-state index contributed by atoms with van der Waals surface area (Å²) in [5.74, 6) is 0.481. The van der Waals surface area contributed by atoms with Crippen molar-refractivity contribution >= 4 is 23.3 Å². The molecule has 0 aliphatic heterocycles. The van der Waals surface area contributed by atoms with Gasteiger partial charge in [0, 0.05) is 12.6 Å². The average Bonchev–Trinajstić information content (AvgIpc) is 2.46. The summed E-state index contributed by atoms with van der Waals surface area (Å²) >= 11 is 6.08. The van der Waals surface area contributed by atoms with Crippen LogP contribution in [0.3, 0.4) is 0 Å². The van der Waals surface area contributed by atoms with Crippen molar-refractivity contribution in [3.05, 3.63) is 22.8 Å². The van der Waals surface area contributed by atoms with Gasteiger partial charge in [-0.05, 0) is 31.9 Å². The molecule has 4 nitrogen and oxygen atoms in total. The van der Waals surface area contributed by atoms with Gasteiger partial charge in [0.1, 0.15) is 11.5 Å². The van der Waals surface area contributed by atoms with Crippen LogP contribution >= 0.6 is 11.6 Å². The lowest BCUT2D eigenvalue weighted by atomic mass is 10.1. The van der Waals surface area contributed by atoms with E-state index < -0.39 is 0 Å². The summed E-state index contributed by atoms with van der Waals surface area (Å²) in [4.78, 5) is 16.6. The average molecular weight is 312 g/mol. The molecule has 1 amide bonds. The molecule has 5 heteroatoms. The van der Waals surface area contributed by atoms with E-state index in [2.05, 4.69) is 29.5 Å². The third-order valence-corrected chi connectivity index (χ3v) is 3.54.